The summed E-state index contributed by atoms with van der Waals surface area (Å²) < 4.78 is 10.5. The lowest BCUT2D eigenvalue weighted by Crippen LogP contribution is -2.39. The molecule has 0 heterocycles. The lowest BCUT2D eigenvalue weighted by molar-refractivity contribution is 0.0601. The molecule has 1 unspecified atom stereocenters. The smallest absolute Gasteiger partial charge is 0.337 e. The molecule has 0 bridgehead atoms. The fourth-order valence-corrected chi connectivity index (χ4v) is 2.53. The first-order valence-electron chi connectivity index (χ1n) is 7.94. The van der Waals surface area contributed by atoms with Crippen molar-refractivity contribution in [2.75, 3.05) is 19.0 Å². The zero-order valence-electron chi connectivity index (χ0n) is 14.5. The van der Waals surface area contributed by atoms with Gasteiger partial charge in [0.05, 0.1) is 18.7 Å². The Kier molecular flexibility index (Phi) is 6.77. The molecule has 2 rings (SSSR count). The van der Waals surface area contributed by atoms with E-state index >= 15 is 0 Å². The minimum atomic E-state index is -0.387. The van der Waals surface area contributed by atoms with Crippen molar-refractivity contribution in [1.29, 1.82) is 0 Å². The summed E-state index contributed by atoms with van der Waals surface area (Å²) in [6, 6.07) is 14.9. The predicted molar refractivity (Wildman–Crippen MR) is 103 cm³/mol. The Morgan fingerprint density at radius 3 is 2.68 bits per heavy atom. The molecule has 0 fully saturated rings. The van der Waals surface area contributed by atoms with Crippen LogP contribution in [0.1, 0.15) is 22.8 Å². The Bertz CT molecular complexity index is 749. The van der Waals surface area contributed by atoms with E-state index in [9.17, 15) is 4.79 Å². The molecule has 25 heavy (non-hydrogen) atoms. The summed E-state index contributed by atoms with van der Waals surface area (Å²) in [5.41, 5.74) is 2.27. The fraction of sp³-hybridized carbons (Fsp3) is 0.263. The molecule has 6 heteroatoms. The van der Waals surface area contributed by atoms with Gasteiger partial charge >= 0.3 is 5.97 Å². The summed E-state index contributed by atoms with van der Waals surface area (Å²) in [6.07, 6.45) is 0. The lowest BCUT2D eigenvalue weighted by atomic mass is 10.2. The molecule has 0 aliphatic heterocycles. The lowest BCUT2D eigenvalue weighted by Gasteiger charge is -2.18. The number of hydrogen-bond acceptors (Lipinski definition) is 4. The SMILES string of the molecule is COC(=O)c1cccc(NC(=S)NC(C)COc2ccccc2C)c1. The van der Waals surface area contributed by atoms with Crippen molar-refractivity contribution >= 4 is 29.0 Å². The normalized spacial score (nSPS) is 11.3. The Hall–Kier alpha value is -2.60. The van der Waals surface area contributed by atoms with Crippen molar-refractivity contribution in [3.63, 3.8) is 0 Å². The van der Waals surface area contributed by atoms with E-state index in [1.807, 2.05) is 44.2 Å². The second-order valence-electron chi connectivity index (χ2n) is 5.65. The number of rotatable bonds is 6. The first kappa shape index (κ1) is 18.7. The molecule has 5 nitrogen and oxygen atoms in total. The van der Waals surface area contributed by atoms with E-state index in [0.717, 1.165) is 11.3 Å². The molecule has 2 N–H and O–H groups in total. The molecule has 0 spiro atoms. The summed E-state index contributed by atoms with van der Waals surface area (Å²) in [6.45, 7) is 4.47. The number of carbonyl (C=O) groups is 1. The number of para-hydroxylation sites is 1. The van der Waals surface area contributed by atoms with Crippen molar-refractivity contribution in [3.8, 4) is 5.75 Å². The van der Waals surface area contributed by atoms with E-state index in [4.69, 9.17) is 21.7 Å². The molecular weight excluding hydrogens is 336 g/mol. The molecule has 0 aromatic heterocycles. The van der Waals surface area contributed by atoms with Crippen LogP contribution in [0.3, 0.4) is 0 Å². The monoisotopic (exact) mass is 358 g/mol. The molecular formula is C19H22N2O3S. The Balaban J connectivity index is 1.85. The number of carbonyl (C=O) groups excluding carboxylic acids is 1. The van der Waals surface area contributed by atoms with Crippen molar-refractivity contribution < 1.29 is 14.3 Å². The van der Waals surface area contributed by atoms with Gasteiger partial charge in [-0.25, -0.2) is 4.79 Å². The van der Waals surface area contributed by atoms with Gasteiger partial charge in [-0.15, -0.1) is 0 Å². The van der Waals surface area contributed by atoms with Crippen molar-refractivity contribution in [1.82, 2.24) is 5.32 Å². The Morgan fingerprint density at radius 1 is 1.20 bits per heavy atom. The van der Waals surface area contributed by atoms with Gasteiger partial charge in [-0.1, -0.05) is 24.3 Å². The summed E-state index contributed by atoms with van der Waals surface area (Å²) in [5.74, 6) is 0.475. The van der Waals surface area contributed by atoms with E-state index in [1.54, 1.807) is 18.2 Å². The first-order valence-corrected chi connectivity index (χ1v) is 8.34. The number of benzene rings is 2. The predicted octanol–water partition coefficient (Wildman–Crippen LogP) is 3.54. The van der Waals surface area contributed by atoms with Crippen LogP contribution in [0.15, 0.2) is 48.5 Å². The average Bonchev–Trinajstić information content (AvgIpc) is 2.60. The van der Waals surface area contributed by atoms with Gasteiger partial charge in [0.1, 0.15) is 12.4 Å². The van der Waals surface area contributed by atoms with E-state index in [0.29, 0.717) is 23.0 Å². The molecule has 0 radical (unpaired) electrons. The van der Waals surface area contributed by atoms with Crippen LogP contribution in [0.25, 0.3) is 0 Å². The van der Waals surface area contributed by atoms with Gasteiger partial charge in [0.2, 0.25) is 0 Å². The van der Waals surface area contributed by atoms with Gasteiger partial charge in [0.15, 0.2) is 5.11 Å². The zero-order chi connectivity index (χ0) is 18.2. The number of aryl methyl sites for hydroxylation is 1. The third kappa shape index (κ3) is 5.76. The number of methoxy groups -OCH3 is 1. The second kappa shape index (κ2) is 9.03. The molecule has 0 amide bonds. The van der Waals surface area contributed by atoms with Crippen molar-refractivity contribution in [2.45, 2.75) is 19.9 Å². The highest BCUT2D eigenvalue weighted by Crippen LogP contribution is 2.16. The Morgan fingerprint density at radius 2 is 1.96 bits per heavy atom. The molecule has 2 aromatic carbocycles. The molecule has 1 atom stereocenters. The van der Waals surface area contributed by atoms with Crippen LogP contribution < -0.4 is 15.4 Å². The van der Waals surface area contributed by atoms with E-state index in [1.165, 1.54) is 7.11 Å². The summed E-state index contributed by atoms with van der Waals surface area (Å²) >= 11 is 5.31. The first-order chi connectivity index (χ1) is 12.0. The van der Waals surface area contributed by atoms with E-state index < -0.39 is 0 Å². The highest BCUT2D eigenvalue weighted by molar-refractivity contribution is 7.80. The fourth-order valence-electron chi connectivity index (χ4n) is 2.21. The minimum Gasteiger partial charge on any atom is -0.491 e. The van der Waals surface area contributed by atoms with Crippen LogP contribution in [-0.2, 0) is 4.74 Å². The number of ether oxygens (including phenoxy) is 2. The number of nitrogens with one attached hydrogen (secondary N) is 2. The maximum atomic E-state index is 11.6. The average molecular weight is 358 g/mol. The van der Waals surface area contributed by atoms with Crippen LogP contribution in [0.5, 0.6) is 5.75 Å². The molecule has 0 saturated carbocycles. The zero-order valence-corrected chi connectivity index (χ0v) is 15.4. The van der Waals surface area contributed by atoms with Gasteiger partial charge in [-0.05, 0) is 55.9 Å². The maximum absolute atomic E-state index is 11.6. The largest absolute Gasteiger partial charge is 0.491 e. The highest BCUT2D eigenvalue weighted by Gasteiger charge is 2.09. The van der Waals surface area contributed by atoms with Gasteiger partial charge in [0.25, 0.3) is 0 Å². The van der Waals surface area contributed by atoms with E-state index in [2.05, 4.69) is 10.6 Å². The number of hydrogen-bond donors (Lipinski definition) is 2. The van der Waals surface area contributed by atoms with E-state index in [-0.39, 0.29) is 12.0 Å². The standard InChI is InChI=1S/C19H22N2O3S/c1-13-7-4-5-10-17(13)24-12-14(2)20-19(25)21-16-9-6-8-15(11-16)18(22)23-3/h4-11,14H,12H2,1-3H3,(H2,20,21,25). The Labute approximate surface area is 153 Å². The number of thiocarbonyl (C=S) groups is 1. The third-order valence-electron chi connectivity index (χ3n) is 3.50. The van der Waals surface area contributed by atoms with Crippen molar-refractivity contribution in [2.24, 2.45) is 0 Å². The van der Waals surface area contributed by atoms with Gasteiger partial charge in [-0.3, -0.25) is 0 Å². The molecule has 2 aromatic rings. The number of esters is 1. The topological polar surface area (TPSA) is 59.6 Å². The van der Waals surface area contributed by atoms with Crippen LogP contribution in [0.4, 0.5) is 5.69 Å². The van der Waals surface area contributed by atoms with Crippen LogP contribution in [0, 0.1) is 6.92 Å². The highest BCUT2D eigenvalue weighted by atomic mass is 32.1. The minimum absolute atomic E-state index is 0.0170. The van der Waals surface area contributed by atoms with Crippen LogP contribution in [-0.4, -0.2) is 30.8 Å². The number of anilines is 1. The van der Waals surface area contributed by atoms with Gasteiger partial charge in [0, 0.05) is 5.69 Å². The van der Waals surface area contributed by atoms with Crippen molar-refractivity contribution in [3.05, 3.63) is 59.7 Å². The maximum Gasteiger partial charge on any atom is 0.337 e. The van der Waals surface area contributed by atoms with Crippen LogP contribution in [0.2, 0.25) is 0 Å². The van der Waals surface area contributed by atoms with Gasteiger partial charge < -0.3 is 20.1 Å². The second-order valence-corrected chi connectivity index (χ2v) is 6.06. The molecule has 0 aliphatic rings. The quantitative estimate of drug-likeness (QED) is 0.608. The van der Waals surface area contributed by atoms with Gasteiger partial charge in [-0.2, -0.15) is 0 Å². The summed E-state index contributed by atoms with van der Waals surface area (Å²) in [4.78, 5) is 11.6. The molecule has 132 valence electrons. The summed E-state index contributed by atoms with van der Waals surface area (Å²) in [5, 5.41) is 6.68. The van der Waals surface area contributed by atoms with Crippen LogP contribution >= 0.6 is 12.2 Å². The molecule has 0 saturated heterocycles. The molecule has 0 aliphatic carbocycles. The third-order valence-corrected chi connectivity index (χ3v) is 3.72. The summed E-state index contributed by atoms with van der Waals surface area (Å²) in [7, 11) is 1.35.